The summed E-state index contributed by atoms with van der Waals surface area (Å²) in [6.07, 6.45) is -1.91. The lowest BCUT2D eigenvalue weighted by Gasteiger charge is -2.03. The van der Waals surface area contributed by atoms with Gasteiger partial charge in [-0.15, -0.1) is 12.4 Å². The Labute approximate surface area is 48.6 Å². The topological polar surface area (TPSA) is 66.5 Å². The molecule has 0 bridgehead atoms. The van der Waals surface area contributed by atoms with Gasteiger partial charge in [-0.1, -0.05) is 0 Å². The van der Waals surface area contributed by atoms with E-state index in [1.54, 1.807) is 0 Å². The molecule has 0 aromatic heterocycles. The molecular weight excluding hydrogens is 117 g/mol. The second kappa shape index (κ2) is 4.33. The summed E-state index contributed by atoms with van der Waals surface area (Å²) in [6.45, 7) is 1.42. The molecule has 0 fully saturated rings. The number of hydrogen-bond donors (Lipinski definition) is 3. The summed E-state index contributed by atoms with van der Waals surface area (Å²) in [7, 11) is 0. The van der Waals surface area contributed by atoms with Crippen molar-refractivity contribution >= 4 is 12.4 Å². The van der Waals surface area contributed by atoms with E-state index >= 15 is 0 Å². The Bertz CT molecular complexity index is 33.9. The van der Waals surface area contributed by atoms with E-state index in [1.807, 2.05) is 0 Å². The predicted octanol–water partition coefficient (Wildman–Crippen LogP) is -0.934. The smallest absolute Gasteiger partial charge is 0.128 e. The molecule has 0 saturated heterocycles. The molecule has 0 heterocycles. The molecule has 0 aliphatic rings. The van der Waals surface area contributed by atoms with Crippen LogP contribution in [0.5, 0.6) is 0 Å². The highest BCUT2D eigenvalue weighted by atomic mass is 35.5. The van der Waals surface area contributed by atoms with E-state index < -0.39 is 12.3 Å². The molecule has 46 valence electrons. The highest BCUT2D eigenvalue weighted by Crippen LogP contribution is 1.78. The number of rotatable bonds is 1. The van der Waals surface area contributed by atoms with Crippen LogP contribution in [0.2, 0.25) is 0 Å². The molecule has 0 aromatic carbocycles. The van der Waals surface area contributed by atoms with Gasteiger partial charge in [-0.2, -0.15) is 0 Å². The Hall–Kier alpha value is 0.170. The van der Waals surface area contributed by atoms with Crippen molar-refractivity contribution in [1.29, 1.82) is 0 Å². The van der Waals surface area contributed by atoms with Crippen LogP contribution in [0.4, 0.5) is 0 Å². The highest BCUT2D eigenvalue weighted by Gasteiger charge is 2.00. The first-order valence-electron chi connectivity index (χ1n) is 1.76. The maximum Gasteiger partial charge on any atom is 0.128 e. The summed E-state index contributed by atoms with van der Waals surface area (Å²) < 4.78 is 0. The average Bonchev–Trinajstić information content (AvgIpc) is 1.36. The van der Waals surface area contributed by atoms with Crippen LogP contribution in [0.1, 0.15) is 6.92 Å². The molecule has 0 aromatic rings. The van der Waals surface area contributed by atoms with E-state index in [1.165, 1.54) is 6.92 Å². The fourth-order valence-corrected chi connectivity index (χ4v) is 0. The van der Waals surface area contributed by atoms with Crippen molar-refractivity contribution in [2.75, 3.05) is 0 Å². The van der Waals surface area contributed by atoms with Crippen LogP contribution in [-0.4, -0.2) is 22.5 Å². The summed E-state index contributed by atoms with van der Waals surface area (Å²) in [5, 5.41) is 16.4. The zero-order chi connectivity index (χ0) is 5.15. The van der Waals surface area contributed by atoms with E-state index in [0.29, 0.717) is 0 Å². The standard InChI is InChI=1S/C3H9NO2.ClH/c1-2(5)3(4)6;/h2-3,5-6H,4H2,1H3;1H. The Kier molecular flexibility index (Phi) is 6.32. The molecule has 0 rings (SSSR count). The Morgan fingerprint density at radius 1 is 1.43 bits per heavy atom. The molecule has 2 unspecified atom stereocenters. The van der Waals surface area contributed by atoms with Crippen LogP contribution in [0.15, 0.2) is 0 Å². The second-order valence-corrected chi connectivity index (χ2v) is 1.23. The lowest BCUT2D eigenvalue weighted by Crippen LogP contribution is -2.31. The van der Waals surface area contributed by atoms with Crippen molar-refractivity contribution in [3.05, 3.63) is 0 Å². The van der Waals surface area contributed by atoms with Crippen molar-refractivity contribution < 1.29 is 10.2 Å². The van der Waals surface area contributed by atoms with Gasteiger partial charge < -0.3 is 15.9 Å². The molecule has 0 aliphatic carbocycles. The first kappa shape index (κ1) is 10.2. The molecule has 7 heavy (non-hydrogen) atoms. The molecular formula is C3H10ClNO2. The number of nitrogens with two attached hydrogens (primary N) is 1. The van der Waals surface area contributed by atoms with E-state index in [9.17, 15) is 0 Å². The third kappa shape index (κ3) is 6.17. The SMILES string of the molecule is CC(O)C(N)O.Cl. The summed E-state index contributed by atoms with van der Waals surface area (Å²) in [4.78, 5) is 0. The third-order valence-corrected chi connectivity index (χ3v) is 0.494. The van der Waals surface area contributed by atoms with Gasteiger partial charge in [0.15, 0.2) is 0 Å². The first-order chi connectivity index (χ1) is 2.64. The molecule has 0 saturated carbocycles. The van der Waals surface area contributed by atoms with Crippen molar-refractivity contribution in [3.8, 4) is 0 Å². The Morgan fingerprint density at radius 3 is 1.57 bits per heavy atom. The number of halogens is 1. The zero-order valence-corrected chi connectivity index (χ0v) is 4.85. The van der Waals surface area contributed by atoms with E-state index in [0.717, 1.165) is 0 Å². The largest absolute Gasteiger partial charge is 0.389 e. The van der Waals surface area contributed by atoms with Gasteiger partial charge in [0, 0.05) is 0 Å². The molecule has 0 radical (unpaired) electrons. The molecule has 4 N–H and O–H groups in total. The fourth-order valence-electron chi connectivity index (χ4n) is 0. The quantitative estimate of drug-likeness (QED) is 0.399. The van der Waals surface area contributed by atoms with Gasteiger partial charge in [-0.3, -0.25) is 0 Å². The summed E-state index contributed by atoms with van der Waals surface area (Å²) in [5.74, 6) is 0. The molecule has 0 spiro atoms. The number of aliphatic hydroxyl groups is 2. The highest BCUT2D eigenvalue weighted by molar-refractivity contribution is 5.85. The minimum absolute atomic E-state index is 0. The number of hydrogen-bond acceptors (Lipinski definition) is 3. The third-order valence-electron chi connectivity index (χ3n) is 0.494. The Balaban J connectivity index is 0. The van der Waals surface area contributed by atoms with Crippen molar-refractivity contribution in [1.82, 2.24) is 0 Å². The van der Waals surface area contributed by atoms with E-state index in [2.05, 4.69) is 0 Å². The van der Waals surface area contributed by atoms with Gasteiger partial charge in [0.05, 0.1) is 6.10 Å². The van der Waals surface area contributed by atoms with E-state index in [-0.39, 0.29) is 12.4 Å². The summed E-state index contributed by atoms with van der Waals surface area (Å²) >= 11 is 0. The molecule has 3 nitrogen and oxygen atoms in total. The monoisotopic (exact) mass is 127 g/mol. The molecule has 0 amide bonds. The van der Waals surface area contributed by atoms with Gasteiger partial charge in [0.2, 0.25) is 0 Å². The van der Waals surface area contributed by atoms with Gasteiger partial charge in [-0.25, -0.2) is 0 Å². The van der Waals surface area contributed by atoms with Crippen LogP contribution in [0, 0.1) is 0 Å². The zero-order valence-electron chi connectivity index (χ0n) is 4.03. The Morgan fingerprint density at radius 2 is 1.57 bits per heavy atom. The van der Waals surface area contributed by atoms with Crippen molar-refractivity contribution in [2.24, 2.45) is 5.73 Å². The summed E-state index contributed by atoms with van der Waals surface area (Å²) in [5.41, 5.74) is 4.74. The van der Waals surface area contributed by atoms with E-state index in [4.69, 9.17) is 15.9 Å². The maximum atomic E-state index is 8.25. The van der Waals surface area contributed by atoms with Gasteiger partial charge in [0.25, 0.3) is 0 Å². The lowest BCUT2D eigenvalue weighted by molar-refractivity contribution is 0.0359. The van der Waals surface area contributed by atoms with Crippen molar-refractivity contribution in [2.45, 2.75) is 19.3 Å². The average molecular weight is 128 g/mol. The second-order valence-electron chi connectivity index (χ2n) is 1.23. The minimum atomic E-state index is -1.09. The van der Waals surface area contributed by atoms with Crippen molar-refractivity contribution in [3.63, 3.8) is 0 Å². The predicted molar refractivity (Wildman–Crippen MR) is 29.1 cm³/mol. The normalized spacial score (nSPS) is 17.1. The summed E-state index contributed by atoms with van der Waals surface area (Å²) in [6, 6.07) is 0. The van der Waals surface area contributed by atoms with Crippen LogP contribution in [0.3, 0.4) is 0 Å². The maximum absolute atomic E-state index is 8.25. The molecule has 2 atom stereocenters. The lowest BCUT2D eigenvalue weighted by atomic mass is 10.4. The number of aliphatic hydroxyl groups excluding tert-OH is 2. The van der Waals surface area contributed by atoms with Crippen LogP contribution in [0.25, 0.3) is 0 Å². The van der Waals surface area contributed by atoms with Gasteiger partial charge in [0.1, 0.15) is 6.23 Å². The van der Waals surface area contributed by atoms with Crippen LogP contribution < -0.4 is 5.73 Å². The fraction of sp³-hybridized carbons (Fsp3) is 1.00. The minimum Gasteiger partial charge on any atom is -0.389 e. The van der Waals surface area contributed by atoms with Gasteiger partial charge in [-0.05, 0) is 6.92 Å². The molecule has 4 heteroatoms. The molecule has 0 aliphatic heterocycles. The first-order valence-corrected chi connectivity index (χ1v) is 1.76. The van der Waals surface area contributed by atoms with Gasteiger partial charge >= 0.3 is 0 Å². The van der Waals surface area contributed by atoms with Crippen LogP contribution >= 0.6 is 12.4 Å². The van der Waals surface area contributed by atoms with Crippen LogP contribution in [-0.2, 0) is 0 Å².